The van der Waals surface area contributed by atoms with Crippen LogP contribution in [0.25, 0.3) is 0 Å². The van der Waals surface area contributed by atoms with E-state index in [-0.39, 0.29) is 5.82 Å². The molecule has 0 aliphatic carbocycles. The summed E-state index contributed by atoms with van der Waals surface area (Å²) in [5.41, 5.74) is 2.89. The number of benzene rings is 1. The topological polar surface area (TPSA) is 51.2 Å². The first-order valence-electron chi connectivity index (χ1n) is 6.53. The van der Waals surface area contributed by atoms with Crippen LogP contribution in [0.1, 0.15) is 22.7 Å². The molecular weight excluding hydrogens is 271 g/mol. The summed E-state index contributed by atoms with van der Waals surface area (Å²) in [7, 11) is 1.32. The number of hydrogen-bond acceptors (Lipinski definition) is 4. The lowest BCUT2D eigenvalue weighted by Gasteiger charge is -2.19. The highest BCUT2D eigenvalue weighted by molar-refractivity contribution is 5.81. The summed E-state index contributed by atoms with van der Waals surface area (Å²) in [6, 6.07) is 5.61. The third-order valence-electron chi connectivity index (χ3n) is 3.18. The number of halogens is 1. The molecule has 1 N–H and O–H groups in total. The van der Waals surface area contributed by atoms with Crippen LogP contribution in [-0.2, 0) is 9.53 Å². The standard InChI is InChI=1S/C16H17FN2O2/c1-10-6-12(17)8-13(7-10)19-15(16(20)21-3)14-9-18-5-4-11(14)2/h4-9,15,19H,1-3H3. The average Bonchev–Trinajstić information content (AvgIpc) is 2.44. The Morgan fingerprint density at radius 2 is 2.10 bits per heavy atom. The molecule has 2 aromatic rings. The van der Waals surface area contributed by atoms with Crippen LogP contribution >= 0.6 is 0 Å². The molecule has 0 aliphatic heterocycles. The summed E-state index contributed by atoms with van der Waals surface area (Å²) in [4.78, 5) is 16.1. The molecule has 110 valence electrons. The lowest BCUT2D eigenvalue weighted by molar-refractivity contribution is -0.141. The Kier molecular flexibility index (Phi) is 4.52. The number of hydrogen-bond donors (Lipinski definition) is 1. The molecule has 1 heterocycles. The molecule has 2 rings (SSSR count). The van der Waals surface area contributed by atoms with Gasteiger partial charge in [-0.3, -0.25) is 4.98 Å². The van der Waals surface area contributed by atoms with Crippen molar-refractivity contribution >= 4 is 11.7 Å². The first kappa shape index (κ1) is 15.0. The number of carbonyl (C=O) groups is 1. The maximum absolute atomic E-state index is 13.5. The van der Waals surface area contributed by atoms with Crippen LogP contribution in [0, 0.1) is 19.7 Å². The fraction of sp³-hybridized carbons (Fsp3) is 0.250. The Hall–Kier alpha value is -2.43. The Bertz CT molecular complexity index is 638. The van der Waals surface area contributed by atoms with Crippen molar-refractivity contribution in [2.45, 2.75) is 19.9 Å². The molecule has 21 heavy (non-hydrogen) atoms. The summed E-state index contributed by atoms with van der Waals surface area (Å²) in [5.74, 6) is -0.808. The van der Waals surface area contributed by atoms with Crippen LogP contribution in [-0.4, -0.2) is 18.1 Å². The zero-order valence-electron chi connectivity index (χ0n) is 12.2. The van der Waals surface area contributed by atoms with Crippen LogP contribution < -0.4 is 5.32 Å². The Morgan fingerprint density at radius 3 is 2.71 bits per heavy atom. The number of rotatable bonds is 4. The lowest BCUT2D eigenvalue weighted by atomic mass is 10.0. The van der Waals surface area contributed by atoms with Crippen molar-refractivity contribution in [3.8, 4) is 0 Å². The second-order valence-corrected chi connectivity index (χ2v) is 4.85. The van der Waals surface area contributed by atoms with E-state index < -0.39 is 12.0 Å². The van der Waals surface area contributed by atoms with Gasteiger partial charge in [0.1, 0.15) is 5.82 Å². The molecule has 1 unspecified atom stereocenters. The predicted molar refractivity (Wildman–Crippen MR) is 78.5 cm³/mol. The highest BCUT2D eigenvalue weighted by Gasteiger charge is 2.23. The molecule has 0 amide bonds. The van der Waals surface area contributed by atoms with E-state index in [0.717, 1.165) is 11.1 Å². The lowest BCUT2D eigenvalue weighted by Crippen LogP contribution is -2.23. The maximum atomic E-state index is 13.5. The van der Waals surface area contributed by atoms with Gasteiger partial charge in [0.25, 0.3) is 0 Å². The summed E-state index contributed by atoms with van der Waals surface area (Å²) >= 11 is 0. The Balaban J connectivity index is 2.38. The van der Waals surface area contributed by atoms with Gasteiger partial charge in [0.05, 0.1) is 7.11 Å². The first-order valence-corrected chi connectivity index (χ1v) is 6.53. The van der Waals surface area contributed by atoms with Gasteiger partial charge in [-0.1, -0.05) is 0 Å². The van der Waals surface area contributed by atoms with E-state index >= 15 is 0 Å². The molecule has 0 aliphatic rings. The fourth-order valence-corrected chi connectivity index (χ4v) is 2.15. The van der Waals surface area contributed by atoms with E-state index in [1.807, 2.05) is 13.0 Å². The third-order valence-corrected chi connectivity index (χ3v) is 3.18. The fourth-order valence-electron chi connectivity index (χ4n) is 2.15. The van der Waals surface area contributed by atoms with Crippen LogP contribution in [0.2, 0.25) is 0 Å². The highest BCUT2D eigenvalue weighted by atomic mass is 19.1. The van der Waals surface area contributed by atoms with Crippen LogP contribution in [0.5, 0.6) is 0 Å². The third kappa shape index (κ3) is 3.56. The van der Waals surface area contributed by atoms with Crippen LogP contribution in [0.15, 0.2) is 36.7 Å². The van der Waals surface area contributed by atoms with E-state index in [1.165, 1.54) is 19.2 Å². The van der Waals surface area contributed by atoms with Crippen molar-refractivity contribution in [3.05, 3.63) is 59.2 Å². The zero-order chi connectivity index (χ0) is 15.4. The molecule has 1 aromatic carbocycles. The second kappa shape index (κ2) is 6.35. The molecule has 0 bridgehead atoms. The van der Waals surface area contributed by atoms with Gasteiger partial charge in [-0.15, -0.1) is 0 Å². The summed E-state index contributed by atoms with van der Waals surface area (Å²) in [5, 5.41) is 3.01. The predicted octanol–water partition coefficient (Wildman–Crippen LogP) is 3.16. The molecular formula is C16H17FN2O2. The first-order chi connectivity index (χ1) is 10.0. The van der Waals surface area contributed by atoms with Crippen molar-refractivity contribution in [2.75, 3.05) is 12.4 Å². The van der Waals surface area contributed by atoms with Gasteiger partial charge in [0.2, 0.25) is 0 Å². The average molecular weight is 288 g/mol. The number of aromatic nitrogens is 1. The molecule has 0 saturated heterocycles. The molecule has 5 heteroatoms. The van der Waals surface area contributed by atoms with Gasteiger partial charge in [-0.25, -0.2) is 9.18 Å². The minimum atomic E-state index is -0.732. The highest BCUT2D eigenvalue weighted by Crippen LogP contribution is 2.24. The summed E-state index contributed by atoms with van der Waals surface area (Å²) in [6.45, 7) is 3.67. The van der Waals surface area contributed by atoms with E-state index in [2.05, 4.69) is 10.3 Å². The number of pyridine rings is 1. The van der Waals surface area contributed by atoms with Crippen molar-refractivity contribution < 1.29 is 13.9 Å². The number of nitrogens with zero attached hydrogens (tertiary/aromatic N) is 1. The van der Waals surface area contributed by atoms with E-state index in [1.54, 1.807) is 25.4 Å². The molecule has 1 aromatic heterocycles. The molecule has 0 fully saturated rings. The monoisotopic (exact) mass is 288 g/mol. The quantitative estimate of drug-likeness (QED) is 0.878. The number of anilines is 1. The number of methoxy groups -OCH3 is 1. The Morgan fingerprint density at radius 1 is 1.33 bits per heavy atom. The smallest absolute Gasteiger partial charge is 0.333 e. The maximum Gasteiger partial charge on any atom is 0.333 e. The van der Waals surface area contributed by atoms with Gasteiger partial charge in [-0.2, -0.15) is 0 Å². The molecule has 0 radical (unpaired) electrons. The zero-order valence-corrected chi connectivity index (χ0v) is 12.2. The van der Waals surface area contributed by atoms with Gasteiger partial charge in [0, 0.05) is 23.6 Å². The summed E-state index contributed by atoms with van der Waals surface area (Å²) < 4.78 is 18.3. The number of carbonyl (C=O) groups excluding carboxylic acids is 1. The van der Waals surface area contributed by atoms with Crippen LogP contribution in [0.3, 0.4) is 0 Å². The minimum Gasteiger partial charge on any atom is -0.467 e. The van der Waals surface area contributed by atoms with Gasteiger partial charge in [0.15, 0.2) is 6.04 Å². The summed E-state index contributed by atoms with van der Waals surface area (Å²) in [6.07, 6.45) is 3.26. The molecule has 0 spiro atoms. The molecule has 1 atom stereocenters. The largest absolute Gasteiger partial charge is 0.467 e. The van der Waals surface area contributed by atoms with Gasteiger partial charge < -0.3 is 10.1 Å². The van der Waals surface area contributed by atoms with E-state index in [0.29, 0.717) is 11.3 Å². The van der Waals surface area contributed by atoms with Crippen molar-refractivity contribution in [2.24, 2.45) is 0 Å². The molecule has 4 nitrogen and oxygen atoms in total. The Labute approximate surface area is 123 Å². The number of aryl methyl sites for hydroxylation is 2. The van der Waals surface area contributed by atoms with Crippen molar-refractivity contribution in [1.82, 2.24) is 4.98 Å². The van der Waals surface area contributed by atoms with Crippen LogP contribution in [0.4, 0.5) is 10.1 Å². The normalized spacial score (nSPS) is 11.8. The molecule has 0 saturated carbocycles. The second-order valence-electron chi connectivity index (χ2n) is 4.85. The van der Waals surface area contributed by atoms with Gasteiger partial charge >= 0.3 is 5.97 Å². The number of esters is 1. The number of ether oxygens (including phenoxy) is 1. The van der Waals surface area contributed by atoms with E-state index in [9.17, 15) is 9.18 Å². The SMILES string of the molecule is COC(=O)C(Nc1cc(C)cc(F)c1)c1cnccc1C. The van der Waals surface area contributed by atoms with Gasteiger partial charge in [-0.05, 0) is 49.2 Å². The van der Waals surface area contributed by atoms with E-state index in [4.69, 9.17) is 4.74 Å². The van der Waals surface area contributed by atoms with Crippen molar-refractivity contribution in [1.29, 1.82) is 0 Å². The van der Waals surface area contributed by atoms with Crippen molar-refractivity contribution in [3.63, 3.8) is 0 Å². The minimum absolute atomic E-state index is 0.357. The number of nitrogens with one attached hydrogen (secondary N) is 1.